The van der Waals surface area contributed by atoms with E-state index >= 15 is 0 Å². The summed E-state index contributed by atoms with van der Waals surface area (Å²) in [5.41, 5.74) is 0.721. The Kier molecular flexibility index (Phi) is 5.05. The van der Waals surface area contributed by atoms with Gasteiger partial charge in [0.2, 0.25) is 11.6 Å². The highest BCUT2D eigenvalue weighted by Crippen LogP contribution is 2.36. The van der Waals surface area contributed by atoms with Crippen molar-refractivity contribution >= 4 is 44.0 Å². The normalized spacial score (nSPS) is 15.6. The Balaban J connectivity index is 1.66. The van der Waals surface area contributed by atoms with Crippen LogP contribution in [0.1, 0.15) is 12.8 Å². The van der Waals surface area contributed by atoms with Crippen LogP contribution in [0, 0.1) is 10.1 Å². The maximum Gasteiger partial charge on any atom is 0.353 e. The van der Waals surface area contributed by atoms with E-state index in [1.54, 1.807) is 0 Å². The number of likely N-dealkylation sites (tertiary alicyclic amines) is 1. The van der Waals surface area contributed by atoms with Gasteiger partial charge in [0, 0.05) is 13.1 Å². The largest absolute Gasteiger partial charge is 0.353 e. The van der Waals surface area contributed by atoms with E-state index in [4.69, 9.17) is 0 Å². The molecule has 1 aromatic carbocycles. The quantitative estimate of drug-likeness (QED) is 0.515. The first kappa shape index (κ1) is 18.5. The number of aromatic nitrogens is 3. The summed E-state index contributed by atoms with van der Waals surface area (Å²) in [6.07, 6.45) is 3.24. The molecule has 0 amide bonds. The Bertz CT molecular complexity index is 968. The average molecular weight is 399 g/mol. The highest BCUT2D eigenvalue weighted by atomic mass is 32.1. The molecule has 3 heterocycles. The minimum Gasteiger partial charge on any atom is -0.351 e. The standard InChI is InChI=1S/C18H21N7O2S/c1-23-9-7-12(8-10-23)24(2)17-15(25(26)27)16(19-11-20-17)22-18-21-13-5-3-4-6-14(13)28-18/h3-6,11-12H,7-10H2,1-2H3,(H,19,20,21,22). The van der Waals surface area contributed by atoms with Crippen LogP contribution in [-0.4, -0.2) is 58.0 Å². The summed E-state index contributed by atoms with van der Waals surface area (Å²) < 4.78 is 1.00. The topological polar surface area (TPSA) is 100 Å². The lowest BCUT2D eigenvalue weighted by Crippen LogP contribution is -2.42. The molecule has 28 heavy (non-hydrogen) atoms. The molecule has 1 aliphatic heterocycles. The molecule has 0 spiro atoms. The van der Waals surface area contributed by atoms with E-state index in [0.717, 1.165) is 36.1 Å². The van der Waals surface area contributed by atoms with Gasteiger partial charge in [-0.3, -0.25) is 10.1 Å². The van der Waals surface area contributed by atoms with E-state index in [1.807, 2.05) is 36.2 Å². The number of para-hydroxylation sites is 1. The number of hydrogen-bond donors (Lipinski definition) is 1. The van der Waals surface area contributed by atoms with Gasteiger partial charge in [0.25, 0.3) is 0 Å². The van der Waals surface area contributed by atoms with Crippen LogP contribution in [0.5, 0.6) is 0 Å². The zero-order valence-electron chi connectivity index (χ0n) is 15.7. The van der Waals surface area contributed by atoms with Gasteiger partial charge in [-0.05, 0) is 45.1 Å². The van der Waals surface area contributed by atoms with Crippen molar-refractivity contribution in [1.82, 2.24) is 19.9 Å². The van der Waals surface area contributed by atoms with Gasteiger partial charge in [-0.25, -0.2) is 15.0 Å². The molecule has 2 aromatic heterocycles. The molecule has 0 radical (unpaired) electrons. The molecule has 1 aliphatic rings. The summed E-state index contributed by atoms with van der Waals surface area (Å²) in [5.74, 6) is 0.493. The van der Waals surface area contributed by atoms with Crippen molar-refractivity contribution in [3.05, 3.63) is 40.7 Å². The molecular weight excluding hydrogens is 378 g/mol. The summed E-state index contributed by atoms with van der Waals surface area (Å²) in [6, 6.07) is 7.93. The Hall–Kier alpha value is -2.85. The highest BCUT2D eigenvalue weighted by Gasteiger charge is 2.30. The van der Waals surface area contributed by atoms with Crippen LogP contribution in [0.25, 0.3) is 10.2 Å². The summed E-state index contributed by atoms with van der Waals surface area (Å²) >= 11 is 1.43. The van der Waals surface area contributed by atoms with Crippen molar-refractivity contribution < 1.29 is 4.92 Å². The zero-order valence-corrected chi connectivity index (χ0v) is 16.5. The summed E-state index contributed by atoms with van der Waals surface area (Å²) in [5, 5.41) is 15.5. The number of benzene rings is 1. The van der Waals surface area contributed by atoms with Crippen LogP contribution in [0.2, 0.25) is 0 Å². The van der Waals surface area contributed by atoms with Crippen molar-refractivity contribution in [2.45, 2.75) is 18.9 Å². The zero-order chi connectivity index (χ0) is 19.7. The van der Waals surface area contributed by atoms with E-state index in [0.29, 0.717) is 10.9 Å². The van der Waals surface area contributed by atoms with Crippen LogP contribution in [0.3, 0.4) is 0 Å². The first-order valence-electron chi connectivity index (χ1n) is 9.06. The molecule has 9 nitrogen and oxygen atoms in total. The van der Waals surface area contributed by atoms with Crippen molar-refractivity contribution in [2.24, 2.45) is 0 Å². The number of hydrogen-bond acceptors (Lipinski definition) is 9. The van der Waals surface area contributed by atoms with E-state index < -0.39 is 4.92 Å². The molecular formula is C18H21N7O2S. The van der Waals surface area contributed by atoms with Crippen LogP contribution in [0.4, 0.5) is 22.5 Å². The van der Waals surface area contributed by atoms with E-state index in [2.05, 4.69) is 32.2 Å². The van der Waals surface area contributed by atoms with Gasteiger partial charge < -0.3 is 15.1 Å². The number of anilines is 3. The third-order valence-corrected chi connectivity index (χ3v) is 6.03. The number of nitro groups is 1. The minimum atomic E-state index is -0.420. The fraction of sp³-hybridized carbons (Fsp3) is 0.389. The molecule has 0 atom stereocenters. The van der Waals surface area contributed by atoms with E-state index in [1.165, 1.54) is 17.7 Å². The van der Waals surface area contributed by atoms with Gasteiger partial charge in [-0.2, -0.15) is 0 Å². The molecule has 3 aromatic rings. The third kappa shape index (κ3) is 3.60. The maximum atomic E-state index is 11.9. The number of rotatable bonds is 5. The number of fused-ring (bicyclic) bond motifs is 1. The molecule has 4 rings (SSSR count). The molecule has 1 saturated heterocycles. The summed E-state index contributed by atoms with van der Waals surface area (Å²) in [4.78, 5) is 28.5. The smallest absolute Gasteiger partial charge is 0.351 e. The van der Waals surface area contributed by atoms with E-state index in [9.17, 15) is 10.1 Å². The Morgan fingerprint density at radius 1 is 1.29 bits per heavy atom. The van der Waals surface area contributed by atoms with Gasteiger partial charge >= 0.3 is 5.69 Å². The van der Waals surface area contributed by atoms with Gasteiger partial charge in [0.05, 0.1) is 15.1 Å². The number of piperidine rings is 1. The van der Waals surface area contributed by atoms with Gasteiger partial charge in [0.15, 0.2) is 5.13 Å². The highest BCUT2D eigenvalue weighted by molar-refractivity contribution is 7.22. The van der Waals surface area contributed by atoms with Crippen LogP contribution < -0.4 is 10.2 Å². The molecule has 1 fully saturated rings. The number of nitrogens with zero attached hydrogens (tertiary/aromatic N) is 6. The van der Waals surface area contributed by atoms with Crippen molar-refractivity contribution in [3.63, 3.8) is 0 Å². The summed E-state index contributed by atoms with van der Waals surface area (Å²) in [7, 11) is 3.95. The van der Waals surface area contributed by atoms with Gasteiger partial charge in [0.1, 0.15) is 6.33 Å². The second-order valence-electron chi connectivity index (χ2n) is 6.91. The van der Waals surface area contributed by atoms with Crippen molar-refractivity contribution in [3.8, 4) is 0 Å². The molecule has 146 valence electrons. The monoisotopic (exact) mass is 399 g/mol. The lowest BCUT2D eigenvalue weighted by Gasteiger charge is -2.35. The molecule has 10 heteroatoms. The van der Waals surface area contributed by atoms with Gasteiger partial charge in [-0.1, -0.05) is 23.5 Å². The van der Waals surface area contributed by atoms with Crippen molar-refractivity contribution in [2.75, 3.05) is 37.4 Å². The van der Waals surface area contributed by atoms with Gasteiger partial charge in [-0.15, -0.1) is 0 Å². The van der Waals surface area contributed by atoms with Crippen LogP contribution in [-0.2, 0) is 0 Å². The lowest BCUT2D eigenvalue weighted by atomic mass is 10.0. The predicted octanol–water partition coefficient (Wildman–Crippen LogP) is 3.27. The number of nitrogens with one attached hydrogen (secondary N) is 1. The van der Waals surface area contributed by atoms with Crippen molar-refractivity contribution in [1.29, 1.82) is 0 Å². The fourth-order valence-corrected chi connectivity index (χ4v) is 4.33. The molecule has 0 aliphatic carbocycles. The first-order chi connectivity index (χ1) is 13.5. The summed E-state index contributed by atoms with van der Waals surface area (Å²) in [6.45, 7) is 1.93. The second-order valence-corrected chi connectivity index (χ2v) is 7.94. The minimum absolute atomic E-state index is 0.122. The third-order valence-electron chi connectivity index (χ3n) is 5.07. The molecule has 1 N–H and O–H groups in total. The lowest BCUT2D eigenvalue weighted by molar-refractivity contribution is -0.383. The Morgan fingerprint density at radius 3 is 2.75 bits per heavy atom. The fourth-order valence-electron chi connectivity index (χ4n) is 3.47. The van der Waals surface area contributed by atoms with Crippen LogP contribution in [0.15, 0.2) is 30.6 Å². The molecule has 0 unspecified atom stereocenters. The maximum absolute atomic E-state index is 11.9. The first-order valence-corrected chi connectivity index (χ1v) is 9.88. The van der Waals surface area contributed by atoms with E-state index in [-0.39, 0.29) is 17.5 Å². The SMILES string of the molecule is CN1CCC(N(C)c2ncnc(Nc3nc4ccccc4s3)c2[N+](=O)[O-])CC1. The number of thiazole rings is 1. The average Bonchev–Trinajstić information content (AvgIpc) is 3.10. The predicted molar refractivity (Wildman–Crippen MR) is 111 cm³/mol. The Morgan fingerprint density at radius 2 is 2.04 bits per heavy atom. The Labute approximate surface area is 166 Å². The molecule has 0 saturated carbocycles. The molecule has 0 bridgehead atoms. The van der Waals surface area contributed by atoms with Crippen LogP contribution >= 0.6 is 11.3 Å². The second kappa shape index (κ2) is 7.64.